The molecule has 0 aliphatic heterocycles. The van der Waals surface area contributed by atoms with Crippen molar-refractivity contribution < 1.29 is 13.9 Å². The van der Waals surface area contributed by atoms with E-state index in [9.17, 15) is 5.26 Å². The van der Waals surface area contributed by atoms with Crippen LogP contribution in [0.3, 0.4) is 0 Å². The number of aromatic nitrogens is 4. The van der Waals surface area contributed by atoms with Crippen molar-refractivity contribution >= 4 is 22.7 Å². The summed E-state index contributed by atoms with van der Waals surface area (Å²) in [5.41, 5.74) is 3.69. The zero-order valence-corrected chi connectivity index (χ0v) is 18.2. The lowest BCUT2D eigenvalue weighted by atomic mass is 10.1. The first-order valence-corrected chi connectivity index (χ1v) is 10.5. The van der Waals surface area contributed by atoms with E-state index in [1.807, 2.05) is 60.7 Å². The lowest BCUT2D eigenvalue weighted by Gasteiger charge is -2.10. The van der Waals surface area contributed by atoms with Gasteiger partial charge in [0, 0.05) is 5.56 Å². The van der Waals surface area contributed by atoms with Crippen molar-refractivity contribution in [2.45, 2.75) is 6.61 Å². The van der Waals surface area contributed by atoms with Gasteiger partial charge in [0.25, 0.3) is 5.89 Å². The number of hydrogen-bond donors (Lipinski definition) is 1. The minimum Gasteiger partial charge on any atom is -0.493 e. The normalized spacial score (nSPS) is 11.4. The van der Waals surface area contributed by atoms with Gasteiger partial charge in [-0.3, -0.25) is 0 Å². The number of hydrogen-bond acceptors (Lipinski definition) is 7. The van der Waals surface area contributed by atoms with Crippen LogP contribution in [0.4, 0.5) is 0 Å². The van der Waals surface area contributed by atoms with Gasteiger partial charge >= 0.3 is 0 Å². The van der Waals surface area contributed by atoms with Crippen LogP contribution in [0.2, 0.25) is 0 Å². The Morgan fingerprint density at radius 1 is 1.03 bits per heavy atom. The summed E-state index contributed by atoms with van der Waals surface area (Å²) < 4.78 is 17.0. The average molecular weight is 449 g/mol. The van der Waals surface area contributed by atoms with Crippen molar-refractivity contribution in [1.29, 1.82) is 5.26 Å². The molecule has 0 amide bonds. The first-order valence-electron chi connectivity index (χ1n) is 10.5. The highest BCUT2D eigenvalue weighted by Crippen LogP contribution is 2.30. The van der Waals surface area contributed by atoms with Crippen molar-refractivity contribution in [3.05, 3.63) is 90.1 Å². The van der Waals surface area contributed by atoms with Gasteiger partial charge in [0.1, 0.15) is 11.9 Å². The van der Waals surface area contributed by atoms with Crippen molar-refractivity contribution in [2.75, 3.05) is 7.11 Å². The van der Waals surface area contributed by atoms with E-state index in [0.29, 0.717) is 34.7 Å². The van der Waals surface area contributed by atoms with E-state index in [4.69, 9.17) is 13.9 Å². The Hall–Kier alpha value is -4.90. The molecule has 3 aromatic carbocycles. The molecule has 166 valence electrons. The smallest absolute Gasteiger partial charge is 0.254 e. The van der Waals surface area contributed by atoms with Crippen LogP contribution < -0.4 is 9.47 Å². The minimum atomic E-state index is 0.0911. The van der Waals surface area contributed by atoms with Crippen LogP contribution >= 0.6 is 0 Å². The molecular weight excluding hydrogens is 430 g/mol. The van der Waals surface area contributed by atoms with Gasteiger partial charge in [-0.15, -0.1) is 10.2 Å². The Kier molecular flexibility index (Phi) is 5.74. The average Bonchev–Trinajstić information content (AvgIpc) is 3.54. The van der Waals surface area contributed by atoms with Crippen LogP contribution in [-0.2, 0) is 6.61 Å². The maximum atomic E-state index is 9.68. The first-order chi connectivity index (χ1) is 16.7. The largest absolute Gasteiger partial charge is 0.493 e. The van der Waals surface area contributed by atoms with Crippen molar-refractivity contribution in [3.8, 4) is 29.0 Å². The number of ether oxygens (including phenoxy) is 2. The van der Waals surface area contributed by atoms with E-state index in [0.717, 1.165) is 22.2 Å². The summed E-state index contributed by atoms with van der Waals surface area (Å²) in [5, 5.41) is 17.8. The number of allylic oxidation sites excluding steroid dienone is 1. The molecule has 0 unspecified atom stereocenters. The summed E-state index contributed by atoms with van der Waals surface area (Å²) in [5.74, 6) is 2.32. The third kappa shape index (κ3) is 4.36. The molecule has 0 spiro atoms. The molecule has 0 aliphatic rings. The third-order valence-corrected chi connectivity index (χ3v) is 5.10. The fourth-order valence-electron chi connectivity index (χ4n) is 3.44. The van der Waals surface area contributed by atoms with Gasteiger partial charge in [0.05, 0.1) is 23.7 Å². The summed E-state index contributed by atoms with van der Waals surface area (Å²) in [6.45, 7) is 0.0911. The van der Waals surface area contributed by atoms with Crippen molar-refractivity contribution in [1.82, 2.24) is 20.2 Å². The zero-order valence-electron chi connectivity index (χ0n) is 18.2. The number of H-pyrrole nitrogens is 1. The van der Waals surface area contributed by atoms with Crippen LogP contribution in [0.1, 0.15) is 17.3 Å². The van der Waals surface area contributed by atoms with Gasteiger partial charge in [-0.25, -0.2) is 4.98 Å². The summed E-state index contributed by atoms with van der Waals surface area (Å²) in [4.78, 5) is 7.68. The number of nitrogens with one attached hydrogen (secondary N) is 1. The maximum absolute atomic E-state index is 9.68. The molecule has 0 saturated carbocycles. The summed E-state index contributed by atoms with van der Waals surface area (Å²) in [6, 6.07) is 24.8. The Morgan fingerprint density at radius 3 is 2.65 bits per heavy atom. The summed E-state index contributed by atoms with van der Waals surface area (Å²) in [7, 11) is 1.56. The molecule has 8 nitrogen and oxygen atoms in total. The molecule has 1 N–H and O–H groups in total. The Bertz CT molecular complexity index is 1480. The maximum Gasteiger partial charge on any atom is 0.254 e. The van der Waals surface area contributed by atoms with E-state index in [2.05, 4.69) is 26.2 Å². The van der Waals surface area contributed by atoms with Crippen LogP contribution in [0.25, 0.3) is 34.1 Å². The van der Waals surface area contributed by atoms with Crippen LogP contribution in [0.15, 0.2) is 77.2 Å². The molecule has 0 radical (unpaired) electrons. The van der Waals surface area contributed by atoms with E-state index in [1.54, 1.807) is 25.3 Å². The van der Waals surface area contributed by atoms with Crippen LogP contribution in [0.5, 0.6) is 11.5 Å². The fourth-order valence-corrected chi connectivity index (χ4v) is 3.44. The monoisotopic (exact) mass is 449 g/mol. The predicted molar refractivity (Wildman–Crippen MR) is 127 cm³/mol. The van der Waals surface area contributed by atoms with Gasteiger partial charge in [-0.1, -0.05) is 36.4 Å². The molecule has 5 rings (SSSR count). The molecule has 0 bridgehead atoms. The van der Waals surface area contributed by atoms with E-state index < -0.39 is 0 Å². The van der Waals surface area contributed by atoms with Gasteiger partial charge in [0.15, 0.2) is 18.1 Å². The highest BCUT2D eigenvalue weighted by Gasteiger charge is 2.12. The quantitative estimate of drug-likeness (QED) is 0.337. The lowest BCUT2D eigenvalue weighted by molar-refractivity contribution is 0.251. The summed E-state index contributed by atoms with van der Waals surface area (Å²) >= 11 is 0. The molecule has 8 heteroatoms. The lowest BCUT2D eigenvalue weighted by Crippen LogP contribution is -1.98. The number of methoxy groups -OCH3 is 1. The third-order valence-electron chi connectivity index (χ3n) is 5.10. The topological polar surface area (TPSA) is 110 Å². The van der Waals surface area contributed by atoms with Gasteiger partial charge in [0.2, 0.25) is 5.89 Å². The predicted octanol–water partition coefficient (Wildman–Crippen LogP) is 5.26. The minimum absolute atomic E-state index is 0.0911. The SMILES string of the molecule is COc1cc(/C=C(\C#N)c2nc3ccccc3[nH]2)ccc1OCc1nnc(-c2ccccc2)o1. The van der Waals surface area contributed by atoms with Crippen LogP contribution in [0, 0.1) is 11.3 Å². The van der Waals surface area contributed by atoms with E-state index in [1.165, 1.54) is 0 Å². The number of para-hydroxylation sites is 2. The molecule has 5 aromatic rings. The highest BCUT2D eigenvalue weighted by molar-refractivity contribution is 5.90. The number of aromatic amines is 1. The molecule has 0 atom stereocenters. The molecule has 34 heavy (non-hydrogen) atoms. The van der Waals surface area contributed by atoms with Gasteiger partial charge in [-0.05, 0) is 48.0 Å². The van der Waals surface area contributed by atoms with Crippen molar-refractivity contribution in [3.63, 3.8) is 0 Å². The number of fused-ring (bicyclic) bond motifs is 1. The van der Waals surface area contributed by atoms with Gasteiger partial charge in [-0.2, -0.15) is 5.26 Å². The summed E-state index contributed by atoms with van der Waals surface area (Å²) in [6.07, 6.45) is 1.74. The molecule has 2 heterocycles. The standard InChI is InChI=1S/C26H19N5O3/c1-32-23-14-17(13-19(15-27)25-28-20-9-5-6-10-21(20)29-25)11-12-22(23)33-16-24-30-31-26(34-24)18-7-3-2-4-8-18/h2-14H,16H2,1H3,(H,28,29)/b19-13+. The second-order valence-electron chi connectivity index (χ2n) is 7.34. The molecule has 2 aromatic heterocycles. The van der Waals surface area contributed by atoms with E-state index in [-0.39, 0.29) is 6.61 Å². The number of nitriles is 1. The Morgan fingerprint density at radius 2 is 1.85 bits per heavy atom. The van der Waals surface area contributed by atoms with Crippen LogP contribution in [-0.4, -0.2) is 27.3 Å². The second-order valence-corrected chi connectivity index (χ2v) is 7.34. The van der Waals surface area contributed by atoms with E-state index >= 15 is 0 Å². The number of imidazole rings is 1. The number of nitrogens with zero attached hydrogens (tertiary/aromatic N) is 4. The Labute approximate surface area is 195 Å². The molecule has 0 aliphatic carbocycles. The second kappa shape index (κ2) is 9.30. The molecule has 0 fully saturated rings. The molecule has 0 saturated heterocycles. The molecular formula is C26H19N5O3. The van der Waals surface area contributed by atoms with Crippen molar-refractivity contribution in [2.24, 2.45) is 0 Å². The Balaban J connectivity index is 1.34. The number of benzene rings is 3. The first kappa shape index (κ1) is 21.0. The highest BCUT2D eigenvalue weighted by atomic mass is 16.5. The zero-order chi connectivity index (χ0) is 23.3. The number of rotatable bonds is 7. The van der Waals surface area contributed by atoms with Gasteiger partial charge < -0.3 is 18.9 Å². The fraction of sp³-hybridized carbons (Fsp3) is 0.0769.